The van der Waals surface area contributed by atoms with Gasteiger partial charge < -0.3 is 9.64 Å². The zero-order valence-electron chi connectivity index (χ0n) is 12.2. The fourth-order valence-electron chi connectivity index (χ4n) is 2.25. The second kappa shape index (κ2) is 5.95. The molecule has 0 aromatic carbocycles. The van der Waals surface area contributed by atoms with Gasteiger partial charge in [0.05, 0.1) is 0 Å². The highest BCUT2D eigenvalue weighted by molar-refractivity contribution is 7.09. The first-order valence-electron chi connectivity index (χ1n) is 6.88. The molecule has 0 bridgehead atoms. The van der Waals surface area contributed by atoms with E-state index in [-0.39, 0.29) is 17.8 Å². The Balaban J connectivity index is 1.97. The Morgan fingerprint density at radius 2 is 2.25 bits per heavy atom. The minimum atomic E-state index is -0.498. The highest BCUT2D eigenvalue weighted by atomic mass is 32.1. The SMILES string of the molecule is CC(C)(C)OC(=O)N1CCC(=O)C(Cc2cccs2)C1. The summed E-state index contributed by atoms with van der Waals surface area (Å²) in [4.78, 5) is 26.9. The molecular formula is C15H21NO3S. The number of carbonyl (C=O) groups is 2. The van der Waals surface area contributed by atoms with Gasteiger partial charge in [-0.1, -0.05) is 6.07 Å². The summed E-state index contributed by atoms with van der Waals surface area (Å²) in [7, 11) is 0. The molecule has 1 aliphatic heterocycles. The fourth-order valence-corrected chi connectivity index (χ4v) is 3.04. The minimum absolute atomic E-state index is 0.102. The number of piperidine rings is 1. The first-order chi connectivity index (χ1) is 9.35. The van der Waals surface area contributed by atoms with Crippen LogP contribution in [0.2, 0.25) is 0 Å². The van der Waals surface area contributed by atoms with E-state index >= 15 is 0 Å². The molecule has 110 valence electrons. The van der Waals surface area contributed by atoms with Crippen LogP contribution in [0.5, 0.6) is 0 Å². The molecule has 0 saturated carbocycles. The molecular weight excluding hydrogens is 274 g/mol. The van der Waals surface area contributed by atoms with E-state index in [1.54, 1.807) is 16.2 Å². The average Bonchev–Trinajstić information content (AvgIpc) is 2.82. The van der Waals surface area contributed by atoms with Crippen LogP contribution in [-0.4, -0.2) is 35.5 Å². The predicted molar refractivity (Wildman–Crippen MR) is 78.9 cm³/mol. The number of ether oxygens (including phenoxy) is 1. The zero-order chi connectivity index (χ0) is 14.8. The van der Waals surface area contributed by atoms with Crippen LogP contribution in [-0.2, 0) is 16.0 Å². The van der Waals surface area contributed by atoms with Gasteiger partial charge in [-0.15, -0.1) is 11.3 Å². The molecule has 1 aromatic heterocycles. The fraction of sp³-hybridized carbons (Fsp3) is 0.600. The molecule has 4 nitrogen and oxygen atoms in total. The van der Waals surface area contributed by atoms with Gasteiger partial charge >= 0.3 is 6.09 Å². The van der Waals surface area contributed by atoms with Gasteiger partial charge in [-0.05, 0) is 38.6 Å². The Kier molecular flexibility index (Phi) is 4.48. The maximum atomic E-state index is 12.1. The van der Waals surface area contributed by atoms with Crippen LogP contribution < -0.4 is 0 Å². The van der Waals surface area contributed by atoms with Crippen molar-refractivity contribution in [2.24, 2.45) is 5.92 Å². The number of rotatable bonds is 2. The lowest BCUT2D eigenvalue weighted by Gasteiger charge is -2.33. The summed E-state index contributed by atoms with van der Waals surface area (Å²) in [5.41, 5.74) is -0.498. The van der Waals surface area contributed by atoms with Crippen molar-refractivity contribution < 1.29 is 14.3 Å². The number of hydrogen-bond acceptors (Lipinski definition) is 4. The van der Waals surface area contributed by atoms with E-state index in [9.17, 15) is 9.59 Å². The van der Waals surface area contributed by atoms with Gasteiger partial charge in [-0.3, -0.25) is 4.79 Å². The molecule has 1 aromatic rings. The van der Waals surface area contributed by atoms with E-state index in [1.807, 2.05) is 38.3 Å². The van der Waals surface area contributed by atoms with Crippen LogP contribution in [0, 0.1) is 5.92 Å². The smallest absolute Gasteiger partial charge is 0.410 e. The minimum Gasteiger partial charge on any atom is -0.444 e. The topological polar surface area (TPSA) is 46.6 Å². The van der Waals surface area contributed by atoms with Crippen molar-refractivity contribution in [3.63, 3.8) is 0 Å². The summed E-state index contributed by atoms with van der Waals surface area (Å²) in [5.74, 6) is 0.146. The largest absolute Gasteiger partial charge is 0.444 e. The summed E-state index contributed by atoms with van der Waals surface area (Å²) in [6.07, 6.45) is 0.826. The van der Waals surface area contributed by atoms with Crippen molar-refractivity contribution in [2.45, 2.75) is 39.2 Å². The van der Waals surface area contributed by atoms with Crippen molar-refractivity contribution in [1.82, 2.24) is 4.90 Å². The summed E-state index contributed by atoms with van der Waals surface area (Å²) in [6, 6.07) is 4.02. The van der Waals surface area contributed by atoms with Crippen LogP contribution in [0.25, 0.3) is 0 Å². The van der Waals surface area contributed by atoms with Crippen molar-refractivity contribution in [3.05, 3.63) is 22.4 Å². The van der Waals surface area contributed by atoms with Crippen LogP contribution in [0.15, 0.2) is 17.5 Å². The van der Waals surface area contributed by atoms with E-state index in [1.165, 1.54) is 4.88 Å². The molecule has 1 aliphatic rings. The number of hydrogen-bond donors (Lipinski definition) is 0. The number of carbonyl (C=O) groups excluding carboxylic acids is 2. The number of ketones is 1. The Hall–Kier alpha value is -1.36. The van der Waals surface area contributed by atoms with Gasteiger partial charge in [0.1, 0.15) is 11.4 Å². The molecule has 2 heterocycles. The Morgan fingerprint density at radius 1 is 1.50 bits per heavy atom. The van der Waals surface area contributed by atoms with E-state index in [4.69, 9.17) is 4.74 Å². The third kappa shape index (κ3) is 4.07. The molecule has 2 rings (SSSR count). The predicted octanol–water partition coefficient (Wildman–Crippen LogP) is 3.12. The molecule has 1 saturated heterocycles. The summed E-state index contributed by atoms with van der Waals surface area (Å²) in [6.45, 7) is 6.48. The standard InChI is InChI=1S/C15H21NO3S/c1-15(2,3)19-14(18)16-7-6-13(17)11(10-16)9-12-5-4-8-20-12/h4-5,8,11H,6-7,9-10H2,1-3H3. The first-order valence-corrected chi connectivity index (χ1v) is 7.76. The second-order valence-corrected chi connectivity index (χ2v) is 7.16. The monoisotopic (exact) mass is 295 g/mol. The molecule has 1 amide bonds. The Morgan fingerprint density at radius 3 is 2.85 bits per heavy atom. The van der Waals surface area contributed by atoms with Gasteiger partial charge in [-0.25, -0.2) is 4.79 Å². The molecule has 0 spiro atoms. The van der Waals surface area contributed by atoms with Crippen molar-refractivity contribution in [2.75, 3.05) is 13.1 Å². The van der Waals surface area contributed by atoms with Gasteiger partial charge in [0.25, 0.3) is 0 Å². The van der Waals surface area contributed by atoms with Gasteiger partial charge in [0.2, 0.25) is 0 Å². The maximum Gasteiger partial charge on any atom is 0.410 e. The molecule has 5 heteroatoms. The molecule has 0 N–H and O–H groups in total. The normalized spacial score (nSPS) is 20.1. The van der Waals surface area contributed by atoms with Gasteiger partial charge in [0.15, 0.2) is 0 Å². The van der Waals surface area contributed by atoms with E-state index < -0.39 is 5.60 Å². The van der Waals surface area contributed by atoms with Crippen molar-refractivity contribution in [3.8, 4) is 0 Å². The van der Waals surface area contributed by atoms with Crippen LogP contribution in [0.1, 0.15) is 32.1 Å². The number of amides is 1. The van der Waals surface area contributed by atoms with E-state index in [0.717, 1.165) is 6.42 Å². The molecule has 1 atom stereocenters. The number of likely N-dealkylation sites (tertiary alicyclic amines) is 1. The Bertz CT molecular complexity index is 476. The third-order valence-corrected chi connectivity index (χ3v) is 4.10. The average molecular weight is 295 g/mol. The number of thiophene rings is 1. The lowest BCUT2D eigenvalue weighted by atomic mass is 9.93. The number of nitrogens with zero attached hydrogens (tertiary/aromatic N) is 1. The second-order valence-electron chi connectivity index (χ2n) is 6.12. The van der Waals surface area contributed by atoms with E-state index in [2.05, 4.69) is 0 Å². The van der Waals surface area contributed by atoms with Crippen LogP contribution >= 0.6 is 11.3 Å². The highest BCUT2D eigenvalue weighted by Crippen LogP contribution is 2.22. The van der Waals surface area contributed by atoms with E-state index in [0.29, 0.717) is 19.5 Å². The summed E-state index contributed by atoms with van der Waals surface area (Å²) >= 11 is 1.65. The highest BCUT2D eigenvalue weighted by Gasteiger charge is 2.32. The summed E-state index contributed by atoms with van der Waals surface area (Å²) in [5, 5.41) is 2.01. The quantitative estimate of drug-likeness (QED) is 0.842. The molecule has 1 fully saturated rings. The zero-order valence-corrected chi connectivity index (χ0v) is 13.0. The first kappa shape index (κ1) is 15.0. The van der Waals surface area contributed by atoms with Gasteiger partial charge in [0, 0.05) is 30.3 Å². The lowest BCUT2D eigenvalue weighted by molar-refractivity contribution is -0.125. The number of Topliss-reactive ketones (excluding diaryl/α,β-unsaturated/α-hetero) is 1. The van der Waals surface area contributed by atoms with Crippen molar-refractivity contribution >= 4 is 23.2 Å². The van der Waals surface area contributed by atoms with Crippen molar-refractivity contribution in [1.29, 1.82) is 0 Å². The molecule has 0 aliphatic carbocycles. The molecule has 0 radical (unpaired) electrons. The molecule has 1 unspecified atom stereocenters. The lowest BCUT2D eigenvalue weighted by Crippen LogP contribution is -2.46. The maximum absolute atomic E-state index is 12.1. The molecule has 20 heavy (non-hydrogen) atoms. The van der Waals surface area contributed by atoms with Crippen LogP contribution in [0.3, 0.4) is 0 Å². The Labute approximate surface area is 123 Å². The van der Waals surface area contributed by atoms with Crippen LogP contribution in [0.4, 0.5) is 4.79 Å². The van der Waals surface area contributed by atoms with Gasteiger partial charge in [-0.2, -0.15) is 0 Å². The summed E-state index contributed by atoms with van der Waals surface area (Å²) < 4.78 is 5.37. The third-order valence-electron chi connectivity index (χ3n) is 3.20.